The zero-order valence-corrected chi connectivity index (χ0v) is 63.1. The third-order valence-electron chi connectivity index (χ3n) is 31.6. The topological polar surface area (TPSA) is 243 Å². The summed E-state index contributed by atoms with van der Waals surface area (Å²) in [5.41, 5.74) is 2.34. The lowest BCUT2D eigenvalue weighted by atomic mass is 9.44. The van der Waals surface area contributed by atoms with E-state index in [1.165, 1.54) is 83.5 Å². The summed E-state index contributed by atoms with van der Waals surface area (Å²) in [5.74, 6) is 10.0. The maximum absolute atomic E-state index is 13.4. The zero-order valence-electron chi connectivity index (χ0n) is 61.5. The van der Waals surface area contributed by atoms with Gasteiger partial charge in [-0.2, -0.15) is 15.4 Å². The highest BCUT2D eigenvalue weighted by atomic mass is 79.9. The number of aromatic nitrogens is 9. The Morgan fingerprint density at radius 1 is 0.490 bits per heavy atom. The van der Waals surface area contributed by atoms with E-state index in [1.54, 1.807) is 43.1 Å². The largest absolute Gasteiger partial charge is 0.387 e. The molecule has 0 saturated heterocycles. The van der Waals surface area contributed by atoms with E-state index in [0.29, 0.717) is 101 Å². The van der Waals surface area contributed by atoms with Crippen molar-refractivity contribution in [3.8, 4) is 0 Å². The minimum absolute atomic E-state index is 0. The van der Waals surface area contributed by atoms with Crippen LogP contribution in [0, 0.1) is 142 Å². The fraction of sp³-hybridized carbons (Fsp3) is 0.886. The predicted molar refractivity (Wildman–Crippen MR) is 382 cm³/mol. The van der Waals surface area contributed by atoms with Gasteiger partial charge < -0.3 is 29.5 Å². The van der Waals surface area contributed by atoms with Gasteiger partial charge in [0, 0.05) is 45.3 Å². The van der Waals surface area contributed by atoms with Crippen molar-refractivity contribution in [3.63, 3.8) is 0 Å². The molecule has 12 saturated carbocycles. The molecule has 0 unspecified atom stereocenters. The van der Waals surface area contributed by atoms with Crippen LogP contribution in [0.1, 0.15) is 239 Å². The van der Waals surface area contributed by atoms with Gasteiger partial charge in [-0.1, -0.05) is 75.3 Å². The summed E-state index contributed by atoms with van der Waals surface area (Å²) in [4.78, 5) is 39.3. The van der Waals surface area contributed by atoms with E-state index in [1.807, 2.05) is 27.0 Å². The summed E-state index contributed by atoms with van der Waals surface area (Å²) >= 11 is 3.43. The van der Waals surface area contributed by atoms with E-state index in [9.17, 15) is 29.7 Å². The first-order valence-corrected chi connectivity index (χ1v) is 39.5. The van der Waals surface area contributed by atoms with E-state index in [2.05, 4.69) is 93.5 Å². The van der Waals surface area contributed by atoms with Crippen LogP contribution in [0.2, 0.25) is 0 Å². The van der Waals surface area contributed by atoms with Crippen LogP contribution in [-0.2, 0) is 41.7 Å². The average Bonchev–Trinajstić information content (AvgIpc) is 1.32. The Morgan fingerprint density at radius 2 is 0.878 bits per heavy atom. The van der Waals surface area contributed by atoms with Gasteiger partial charge in [-0.3, -0.25) is 14.4 Å². The second kappa shape index (κ2) is 29.3. The van der Waals surface area contributed by atoms with Crippen LogP contribution < -0.4 is 0 Å². The number of methoxy groups -OCH3 is 3. The summed E-state index contributed by atoms with van der Waals surface area (Å²) in [7, 11) is 5.11. The molecule has 3 heterocycles. The number of carbonyl (C=O) groups excluding carboxylic acids is 3. The molecule has 0 bridgehead atoms. The third-order valence-corrected chi connectivity index (χ3v) is 32.2. The van der Waals surface area contributed by atoms with Gasteiger partial charge in [-0.25, -0.2) is 9.36 Å². The van der Waals surface area contributed by atoms with Crippen LogP contribution in [0.3, 0.4) is 0 Å². The van der Waals surface area contributed by atoms with E-state index >= 15 is 0 Å². The molecule has 12 aliphatic rings. The van der Waals surface area contributed by atoms with E-state index < -0.39 is 16.8 Å². The number of H-pyrrole nitrogens is 1. The monoisotopic (exact) mass is 1430 g/mol. The molecule has 0 spiro atoms. The minimum Gasteiger partial charge on any atom is -0.387 e. The minimum atomic E-state index is -0.640. The molecule has 0 aromatic carbocycles. The number of Topliss-reactive ketones (excluding diaryl/α,β-unsaturated/α-hetero) is 3. The average molecular weight is 1430 g/mol. The van der Waals surface area contributed by atoms with Gasteiger partial charge in [0.15, 0.2) is 11.6 Å². The molecule has 18 nitrogen and oxygen atoms in total. The Hall–Kier alpha value is -3.33. The van der Waals surface area contributed by atoms with Gasteiger partial charge in [-0.15, -0.1) is 10.2 Å². The number of nitrogens with one attached hydrogen (secondary N) is 1. The summed E-state index contributed by atoms with van der Waals surface area (Å²) in [6, 6.07) is 0. The Labute approximate surface area is 595 Å². The predicted octanol–water partition coefficient (Wildman–Crippen LogP) is 14.1. The summed E-state index contributed by atoms with van der Waals surface area (Å²) in [6.07, 6.45) is 35.5. The van der Waals surface area contributed by atoms with Crippen molar-refractivity contribution in [2.24, 2.45) is 121 Å². The van der Waals surface area contributed by atoms with E-state index in [4.69, 9.17) is 14.2 Å². The molecule has 3 aromatic heterocycles. The highest BCUT2D eigenvalue weighted by molar-refractivity contribution is 9.09. The lowest BCUT2D eigenvalue weighted by Gasteiger charge is -2.62. The number of ether oxygens (including phenoxy) is 3. The van der Waals surface area contributed by atoms with Gasteiger partial charge in [0.05, 0.1) is 71.4 Å². The molecule has 12 fully saturated rings. The van der Waals surface area contributed by atoms with Crippen molar-refractivity contribution in [2.75, 3.05) is 46.5 Å². The number of aliphatic hydroxyl groups is 3. The number of aryl methyl sites for hydroxylation is 3. The number of nitrogens with zero attached hydrogens (tertiary/aromatic N) is 8. The molecule has 12 aliphatic carbocycles. The zero-order chi connectivity index (χ0) is 69.3. The second-order valence-electron chi connectivity index (χ2n) is 36.3. The second-order valence-corrected chi connectivity index (χ2v) is 36.9. The number of ketones is 3. The lowest BCUT2D eigenvalue weighted by Crippen LogP contribution is -2.57. The maximum atomic E-state index is 13.4. The van der Waals surface area contributed by atoms with Crippen molar-refractivity contribution in [1.82, 2.24) is 45.4 Å². The molecular weight excluding hydrogens is 1300 g/mol. The highest BCUT2D eigenvalue weighted by Crippen LogP contribution is 2.72. The van der Waals surface area contributed by atoms with Crippen LogP contribution in [0.4, 0.5) is 0 Å². The van der Waals surface area contributed by atoms with E-state index in [0.717, 1.165) is 148 Å². The third kappa shape index (κ3) is 13.9. The molecule has 0 aliphatic heterocycles. The Balaban J connectivity index is 0.000000142. The molecule has 0 radical (unpaired) electrons. The highest BCUT2D eigenvalue weighted by Gasteiger charge is 2.66. The first-order chi connectivity index (χ1) is 46.0. The van der Waals surface area contributed by atoms with Gasteiger partial charge in [-0.05, 0) is 298 Å². The summed E-state index contributed by atoms with van der Waals surface area (Å²) < 4.78 is 19.5. The molecule has 3 aromatic rings. The quantitative estimate of drug-likeness (QED) is 0.110. The lowest BCUT2D eigenvalue weighted by molar-refractivity contribution is -0.164. The van der Waals surface area contributed by atoms with E-state index in [-0.39, 0.29) is 41.4 Å². The molecule has 15 rings (SSSR count). The number of aromatic amines is 1. The standard InChI is InChI=1S/2C26H41N3O3.C23H37BrO3.C3H5N3.CH4/c1-17-14-29(28-27-17)15-23(30)22-8-7-20-19-6-5-18-13-26(31,16-32-4)12-11-24(18,2)21(19)9-10-25(20,22)3;1-17-14-27-28-29(17)15-23(30)22-8-7-20-19-6-5-18-13-26(31,16-32-4)12-11-24(18,2)21(19)9-10-25(20,22)3;1-21-10-11-23(26,14-27-3)12-15(21)4-5-16-17-6-7-19(20(25)13-24)22(17,2)9-8-18(16)21;1-3-2-4-6-5-3;/h2*14,18-22,31H,5-13,15-16H2,1-4H3;15-19,26H,4-14H2,1-3H3;2H,1H3,(H,4,5,6);1H4/t2*18-,19-,20-,21-,22+,24-,25-,26+;15-,16-,17-,18-,19+,21-,22-,23+;;/m000../s1. The molecular formula is C79H128BrN9O9. The van der Waals surface area contributed by atoms with Crippen molar-refractivity contribution in [2.45, 2.75) is 273 Å². The SMILES string of the molecule is C.COC[C@@]1(O)CC[C@@]2(C)[C@@H](CC[C@@H]3[C@@H]2CC[C@]2(C)[C@@H](C(=O)CBr)CC[C@@H]32)C1.COC[C@@]1(O)CC[C@@]2(C)[C@@H](CC[C@@H]3[C@@H]2CC[C@]2(C)[C@@H](C(=O)Cn4cc(C)nn4)CC[C@@H]32)C1.COC[C@@]1(O)CC[C@@]2(C)[C@@H](CC[C@@H]3[C@@H]2CC[C@]2(C)[C@@H](C(=O)Cn4nncc4C)CC[C@@H]32)C1.Cc1cn[nH]n1. The van der Waals surface area contributed by atoms with Gasteiger partial charge in [0.25, 0.3) is 0 Å². The molecule has 550 valence electrons. The molecule has 98 heavy (non-hydrogen) atoms. The summed E-state index contributed by atoms with van der Waals surface area (Å²) in [6.45, 7) is 22.7. The van der Waals surface area contributed by atoms with Crippen molar-refractivity contribution < 1.29 is 43.9 Å². The first kappa shape index (κ1) is 75.8. The number of hydrogen-bond acceptors (Lipinski definition) is 15. The molecule has 4 N–H and O–H groups in total. The summed E-state index contributed by atoms with van der Waals surface area (Å²) in [5, 5.41) is 59.5. The van der Waals surface area contributed by atoms with Crippen LogP contribution in [-0.4, -0.2) is 141 Å². The Bertz CT molecular complexity index is 3220. The first-order valence-electron chi connectivity index (χ1n) is 38.4. The fourth-order valence-corrected chi connectivity index (χ4v) is 27.0. The van der Waals surface area contributed by atoms with Crippen LogP contribution in [0.5, 0.6) is 0 Å². The van der Waals surface area contributed by atoms with Gasteiger partial charge in [0.1, 0.15) is 18.9 Å². The number of rotatable bonds is 14. The molecule has 19 heteroatoms. The van der Waals surface area contributed by atoms with Gasteiger partial charge >= 0.3 is 0 Å². The molecule has 0 amide bonds. The molecule has 24 atom stereocenters. The van der Waals surface area contributed by atoms with Crippen molar-refractivity contribution in [1.29, 1.82) is 0 Å². The Morgan fingerprint density at radius 3 is 1.19 bits per heavy atom. The van der Waals surface area contributed by atoms with Crippen molar-refractivity contribution >= 4 is 33.3 Å². The van der Waals surface area contributed by atoms with Gasteiger partial charge in [0.2, 0.25) is 0 Å². The smallest absolute Gasteiger partial charge is 0.157 e. The number of fused-ring (bicyclic) bond motifs is 15. The van der Waals surface area contributed by atoms with Crippen LogP contribution >= 0.6 is 15.9 Å². The maximum Gasteiger partial charge on any atom is 0.157 e. The van der Waals surface area contributed by atoms with Crippen LogP contribution in [0.25, 0.3) is 0 Å². The normalized spacial score (nSPS) is 44.7. The van der Waals surface area contributed by atoms with Crippen molar-refractivity contribution in [3.05, 3.63) is 35.7 Å². The Kier molecular flexibility index (Phi) is 22.7. The fourth-order valence-electron chi connectivity index (χ4n) is 26.6. The number of alkyl halides is 1. The number of hydrogen-bond donors (Lipinski definition) is 4. The number of halogens is 1. The number of carbonyl (C=O) groups is 3. The van der Waals surface area contributed by atoms with Crippen LogP contribution in [0.15, 0.2) is 18.6 Å².